The van der Waals surface area contributed by atoms with E-state index in [-0.39, 0.29) is 30.6 Å². The summed E-state index contributed by atoms with van der Waals surface area (Å²) in [6, 6.07) is 37.3. The van der Waals surface area contributed by atoms with Crippen LogP contribution in [0.4, 0.5) is 17.1 Å². The van der Waals surface area contributed by atoms with Crippen molar-refractivity contribution in [2.45, 2.75) is 24.7 Å². The number of fused-ring (bicyclic) bond motifs is 4. The van der Waals surface area contributed by atoms with Crippen molar-refractivity contribution in [1.29, 1.82) is 0 Å². The van der Waals surface area contributed by atoms with Crippen LogP contribution < -0.4 is 15.0 Å². The Morgan fingerprint density at radius 3 is 2.17 bits per heavy atom. The standard InChI is InChI=1S/C39H34N2O6/c42-34-20-19-31(29-13-7-8-14-30(29)34)35-22-33-36-32(21-24(39(33,45)47-35)23-46-28-11-5-2-6-12-28)37(43)41(38(36)44)27-17-15-26(16-18-27)40-25-9-3-1-4-10-25/h1-20,24,32-33,35-36,40,42,45H,21-23H2/t24-,32+,33+,35+,36+,39-/m1/s1. The second-order valence-corrected chi connectivity index (χ2v) is 12.7. The topological polar surface area (TPSA) is 108 Å². The van der Waals surface area contributed by atoms with E-state index in [1.165, 1.54) is 4.90 Å². The van der Waals surface area contributed by atoms with Gasteiger partial charge in [0.15, 0.2) is 5.79 Å². The molecule has 2 amide bonds. The summed E-state index contributed by atoms with van der Waals surface area (Å²) in [4.78, 5) is 29.6. The molecular weight excluding hydrogens is 592 g/mol. The van der Waals surface area contributed by atoms with Gasteiger partial charge < -0.3 is 25.0 Å². The third-order valence-electron chi connectivity index (χ3n) is 10.0. The SMILES string of the molecule is O=C1[C@H]2[C@H](C[C@H](COc3ccccc3)[C@@]3(O)O[C@H](c4ccc(O)c5ccccc45)C[C@@H]23)C(=O)N1c1ccc(Nc2ccccc2)cc1. The number of nitrogens with one attached hydrogen (secondary N) is 1. The van der Waals surface area contributed by atoms with Gasteiger partial charge in [0.25, 0.3) is 0 Å². The van der Waals surface area contributed by atoms with E-state index in [0.29, 0.717) is 23.2 Å². The molecule has 2 heterocycles. The number of phenolic OH excluding ortho intramolecular Hbond substituents is 1. The molecular formula is C39H34N2O6. The zero-order valence-corrected chi connectivity index (χ0v) is 25.5. The summed E-state index contributed by atoms with van der Waals surface area (Å²) in [5.41, 5.74) is 3.07. The summed E-state index contributed by atoms with van der Waals surface area (Å²) in [6.45, 7) is 0.116. The Kier molecular flexibility index (Phi) is 7.19. The molecule has 5 aromatic carbocycles. The first kappa shape index (κ1) is 29.2. The van der Waals surface area contributed by atoms with E-state index in [1.54, 1.807) is 18.2 Å². The fourth-order valence-electron chi connectivity index (χ4n) is 7.81. The number of phenols is 1. The molecule has 0 radical (unpaired) electrons. The highest BCUT2D eigenvalue weighted by molar-refractivity contribution is 6.22. The highest BCUT2D eigenvalue weighted by atomic mass is 16.6. The van der Waals surface area contributed by atoms with Crippen molar-refractivity contribution >= 4 is 39.6 Å². The minimum Gasteiger partial charge on any atom is -0.507 e. The number of hydrogen-bond donors (Lipinski definition) is 3. The second kappa shape index (κ2) is 11.6. The van der Waals surface area contributed by atoms with Crippen molar-refractivity contribution in [3.8, 4) is 11.5 Å². The number of imide groups is 1. The third kappa shape index (κ3) is 5.01. The Bertz CT molecular complexity index is 1950. The molecule has 0 bridgehead atoms. The number of amides is 2. The Balaban J connectivity index is 1.13. The maximum Gasteiger partial charge on any atom is 0.238 e. The zero-order valence-electron chi connectivity index (χ0n) is 25.5. The van der Waals surface area contributed by atoms with E-state index < -0.39 is 35.6 Å². The predicted molar refractivity (Wildman–Crippen MR) is 178 cm³/mol. The van der Waals surface area contributed by atoms with Gasteiger partial charge in [0.2, 0.25) is 11.8 Å². The number of benzene rings is 5. The van der Waals surface area contributed by atoms with Gasteiger partial charge >= 0.3 is 0 Å². The zero-order chi connectivity index (χ0) is 32.1. The summed E-state index contributed by atoms with van der Waals surface area (Å²) in [6.07, 6.45) is 0.0114. The molecule has 2 saturated heterocycles. The number of para-hydroxylation sites is 2. The molecule has 0 aromatic heterocycles. The van der Waals surface area contributed by atoms with Crippen LogP contribution in [0.5, 0.6) is 11.5 Å². The molecule has 5 aromatic rings. The van der Waals surface area contributed by atoms with Crippen LogP contribution in [0.15, 0.2) is 121 Å². The average Bonchev–Trinajstić information content (AvgIpc) is 3.58. The van der Waals surface area contributed by atoms with Crippen LogP contribution in [0.2, 0.25) is 0 Å². The van der Waals surface area contributed by atoms with Crippen LogP contribution in [-0.2, 0) is 14.3 Å². The number of aliphatic hydroxyl groups is 1. The van der Waals surface area contributed by atoms with Crippen LogP contribution in [0, 0.1) is 23.7 Å². The van der Waals surface area contributed by atoms with Crippen molar-refractivity contribution in [2.24, 2.45) is 23.7 Å². The number of hydrogen-bond acceptors (Lipinski definition) is 7. The lowest BCUT2D eigenvalue weighted by Crippen LogP contribution is -2.55. The fraction of sp³-hybridized carbons (Fsp3) is 0.231. The number of carbonyl (C=O) groups is 2. The van der Waals surface area contributed by atoms with Gasteiger partial charge in [-0.1, -0.05) is 66.7 Å². The van der Waals surface area contributed by atoms with E-state index in [1.807, 2.05) is 103 Å². The number of carbonyl (C=O) groups excluding carboxylic acids is 2. The van der Waals surface area contributed by atoms with Gasteiger partial charge in [0.05, 0.1) is 30.2 Å². The van der Waals surface area contributed by atoms with Crippen LogP contribution >= 0.6 is 0 Å². The minimum absolute atomic E-state index is 0.116. The lowest BCUT2D eigenvalue weighted by Gasteiger charge is -2.44. The Labute approximate surface area is 272 Å². The van der Waals surface area contributed by atoms with Crippen molar-refractivity contribution < 1.29 is 29.3 Å². The molecule has 1 aliphatic carbocycles. The quantitative estimate of drug-likeness (QED) is 0.168. The molecule has 3 aliphatic rings. The van der Waals surface area contributed by atoms with E-state index in [2.05, 4.69) is 5.32 Å². The van der Waals surface area contributed by atoms with Crippen molar-refractivity contribution in [3.05, 3.63) is 127 Å². The summed E-state index contributed by atoms with van der Waals surface area (Å²) >= 11 is 0. The lowest BCUT2D eigenvalue weighted by atomic mass is 9.64. The first-order chi connectivity index (χ1) is 22.9. The van der Waals surface area contributed by atoms with E-state index in [4.69, 9.17) is 9.47 Å². The van der Waals surface area contributed by atoms with Gasteiger partial charge in [0.1, 0.15) is 11.5 Å². The van der Waals surface area contributed by atoms with Crippen LogP contribution in [0.25, 0.3) is 10.8 Å². The number of ether oxygens (including phenoxy) is 2. The van der Waals surface area contributed by atoms with E-state index in [0.717, 1.165) is 22.3 Å². The van der Waals surface area contributed by atoms with E-state index >= 15 is 0 Å². The molecule has 236 valence electrons. The minimum atomic E-state index is -1.71. The van der Waals surface area contributed by atoms with Crippen LogP contribution in [-0.4, -0.2) is 34.4 Å². The number of rotatable bonds is 7. The molecule has 2 aliphatic heterocycles. The fourth-order valence-corrected chi connectivity index (χ4v) is 7.81. The average molecular weight is 627 g/mol. The molecule has 0 unspecified atom stereocenters. The molecule has 8 rings (SSSR count). The van der Waals surface area contributed by atoms with Crippen molar-refractivity contribution in [3.63, 3.8) is 0 Å². The summed E-state index contributed by atoms with van der Waals surface area (Å²) in [5, 5.41) is 27.8. The largest absolute Gasteiger partial charge is 0.507 e. The van der Waals surface area contributed by atoms with Gasteiger partial charge in [0, 0.05) is 28.6 Å². The second-order valence-electron chi connectivity index (χ2n) is 12.7. The Morgan fingerprint density at radius 2 is 1.43 bits per heavy atom. The molecule has 3 N–H and O–H groups in total. The Hall–Kier alpha value is -5.18. The first-order valence-electron chi connectivity index (χ1n) is 16.0. The molecule has 8 nitrogen and oxygen atoms in total. The highest BCUT2D eigenvalue weighted by Gasteiger charge is 2.67. The van der Waals surface area contributed by atoms with Crippen LogP contribution in [0.3, 0.4) is 0 Å². The summed E-state index contributed by atoms with van der Waals surface area (Å²) in [7, 11) is 0. The number of nitrogens with zero attached hydrogens (tertiary/aromatic N) is 1. The molecule has 6 atom stereocenters. The normalized spacial score (nSPS) is 26.7. The lowest BCUT2D eigenvalue weighted by molar-refractivity contribution is -0.272. The van der Waals surface area contributed by atoms with Crippen LogP contribution in [0.1, 0.15) is 24.5 Å². The highest BCUT2D eigenvalue weighted by Crippen LogP contribution is 2.59. The van der Waals surface area contributed by atoms with Gasteiger partial charge in [-0.3, -0.25) is 14.5 Å². The summed E-state index contributed by atoms with van der Waals surface area (Å²) < 4.78 is 12.7. The Morgan fingerprint density at radius 1 is 0.766 bits per heavy atom. The van der Waals surface area contributed by atoms with Crippen molar-refractivity contribution in [1.82, 2.24) is 0 Å². The van der Waals surface area contributed by atoms with Gasteiger partial charge in [-0.15, -0.1) is 0 Å². The van der Waals surface area contributed by atoms with Gasteiger partial charge in [-0.25, -0.2) is 0 Å². The predicted octanol–water partition coefficient (Wildman–Crippen LogP) is 6.96. The van der Waals surface area contributed by atoms with Gasteiger partial charge in [-0.2, -0.15) is 0 Å². The molecule has 3 fully saturated rings. The van der Waals surface area contributed by atoms with Gasteiger partial charge in [-0.05, 0) is 78.4 Å². The monoisotopic (exact) mass is 626 g/mol. The summed E-state index contributed by atoms with van der Waals surface area (Å²) in [5.74, 6) is -4.11. The number of aromatic hydroxyl groups is 1. The molecule has 1 saturated carbocycles. The van der Waals surface area contributed by atoms with Crippen molar-refractivity contribution in [2.75, 3.05) is 16.8 Å². The molecule has 8 heteroatoms. The molecule has 47 heavy (non-hydrogen) atoms. The maximum absolute atomic E-state index is 14.3. The third-order valence-corrected chi connectivity index (χ3v) is 10.0. The smallest absolute Gasteiger partial charge is 0.238 e. The number of anilines is 3. The molecule has 0 spiro atoms. The van der Waals surface area contributed by atoms with E-state index in [9.17, 15) is 19.8 Å². The first-order valence-corrected chi connectivity index (χ1v) is 16.0. The maximum atomic E-state index is 14.3.